The fourth-order valence-corrected chi connectivity index (χ4v) is 6.98. The van der Waals surface area contributed by atoms with Gasteiger partial charge in [-0.25, -0.2) is 18.7 Å². The van der Waals surface area contributed by atoms with Crippen LogP contribution in [-0.2, 0) is 0 Å². The van der Waals surface area contributed by atoms with Crippen LogP contribution in [0.3, 0.4) is 0 Å². The maximum atomic E-state index is 14.6. The van der Waals surface area contributed by atoms with Gasteiger partial charge in [0.2, 0.25) is 11.9 Å². The molecule has 1 saturated heterocycles. The van der Waals surface area contributed by atoms with Crippen LogP contribution in [0.5, 0.6) is 0 Å². The van der Waals surface area contributed by atoms with E-state index in [2.05, 4.69) is 37.0 Å². The Bertz CT molecular complexity index is 1240. The molecule has 11 heteroatoms. The summed E-state index contributed by atoms with van der Waals surface area (Å²) < 4.78 is 30.3. The maximum Gasteiger partial charge on any atom is 0.224 e. The second-order valence-electron chi connectivity index (χ2n) is 12.6. The Balaban J connectivity index is 1.15. The number of allylic oxidation sites excluding steroid dienone is 2. The van der Waals surface area contributed by atoms with Crippen LogP contribution < -0.4 is 10.6 Å². The minimum atomic E-state index is -0.676. The van der Waals surface area contributed by atoms with Crippen molar-refractivity contribution in [3.63, 3.8) is 0 Å². The van der Waals surface area contributed by atoms with E-state index in [-0.39, 0.29) is 19.1 Å². The van der Waals surface area contributed by atoms with Crippen molar-refractivity contribution in [2.75, 3.05) is 57.0 Å². The highest BCUT2D eigenvalue weighted by Crippen LogP contribution is 2.37. The molecule has 2 aromatic rings. The number of piperazine rings is 1. The molecule has 3 aliphatic carbocycles. The van der Waals surface area contributed by atoms with Crippen molar-refractivity contribution >= 4 is 23.1 Å². The quantitative estimate of drug-likeness (QED) is 0.422. The number of fused-ring (bicyclic) bond motifs is 1. The first-order valence-corrected chi connectivity index (χ1v) is 15.5. The molecule has 1 unspecified atom stereocenters. The molecule has 9 nitrogen and oxygen atoms in total. The number of nitrogens with one attached hydrogen (secondary N) is 2. The van der Waals surface area contributed by atoms with Crippen molar-refractivity contribution in [2.24, 2.45) is 11.8 Å². The van der Waals surface area contributed by atoms with Gasteiger partial charge in [0.05, 0.1) is 12.2 Å². The molecule has 0 spiro atoms. The van der Waals surface area contributed by atoms with E-state index >= 15 is 0 Å². The molecule has 3 N–H and O–H groups in total. The standard InChI is InChI=1S/C30H44F2N8O/c1-38-12-14-39(15-13-38)18-20-2-7-23(8-3-20)34-29-33-17-27-28(37-29)40(24-9-4-21(19-41)5-10-24)30(36-27)35-26-11-6-22(31)16-25(26)32/h6,16-17,20-21,23-24,26,41H,2-5,7-15,18-19H2,1H3,(H,35,36)(H,33,34,37). The van der Waals surface area contributed by atoms with Crippen LogP contribution in [0.15, 0.2) is 30.0 Å². The lowest BCUT2D eigenvalue weighted by molar-refractivity contribution is 0.124. The molecule has 3 fully saturated rings. The summed E-state index contributed by atoms with van der Waals surface area (Å²) >= 11 is 0. The highest BCUT2D eigenvalue weighted by atomic mass is 19.1. The lowest BCUT2D eigenvalue weighted by Gasteiger charge is -2.37. The summed E-state index contributed by atoms with van der Waals surface area (Å²) in [5.74, 6) is 1.11. The monoisotopic (exact) mass is 570 g/mol. The van der Waals surface area contributed by atoms with Gasteiger partial charge in [-0.3, -0.25) is 4.57 Å². The smallest absolute Gasteiger partial charge is 0.224 e. The maximum absolute atomic E-state index is 14.6. The Labute approximate surface area is 241 Å². The molecule has 6 rings (SSSR count). The SMILES string of the molecule is CN1CCN(CC2CCC(Nc3ncc4nc(NC5CC=C(F)C=C5F)n(C5CCC(CO)CC5)c4n3)CC2)CC1. The molecule has 2 saturated carbocycles. The zero-order valence-electron chi connectivity index (χ0n) is 24.1. The number of likely N-dealkylation sites (N-methyl/N-ethyl adjacent to an activating group) is 1. The molecule has 0 amide bonds. The topological polar surface area (TPSA) is 94.4 Å². The zero-order chi connectivity index (χ0) is 28.3. The molecule has 0 radical (unpaired) electrons. The highest BCUT2D eigenvalue weighted by Gasteiger charge is 2.29. The average molecular weight is 571 g/mol. The van der Waals surface area contributed by atoms with E-state index in [1.54, 1.807) is 6.20 Å². The van der Waals surface area contributed by atoms with E-state index < -0.39 is 17.7 Å². The van der Waals surface area contributed by atoms with Crippen molar-refractivity contribution in [2.45, 2.75) is 75.9 Å². The van der Waals surface area contributed by atoms with Gasteiger partial charge in [-0.15, -0.1) is 0 Å². The summed E-state index contributed by atoms with van der Waals surface area (Å²) in [4.78, 5) is 19.3. The van der Waals surface area contributed by atoms with Crippen LogP contribution in [0.25, 0.3) is 11.2 Å². The predicted molar refractivity (Wildman–Crippen MR) is 157 cm³/mol. The molecule has 1 atom stereocenters. The summed E-state index contributed by atoms with van der Waals surface area (Å²) in [5.41, 5.74) is 1.38. The Kier molecular flexibility index (Phi) is 8.83. The van der Waals surface area contributed by atoms with Gasteiger partial charge in [-0.1, -0.05) is 0 Å². The zero-order valence-corrected chi connectivity index (χ0v) is 24.1. The predicted octanol–water partition coefficient (Wildman–Crippen LogP) is 4.66. The van der Waals surface area contributed by atoms with Crippen LogP contribution in [0, 0.1) is 11.8 Å². The van der Waals surface area contributed by atoms with Crippen molar-refractivity contribution in [1.29, 1.82) is 0 Å². The second-order valence-corrected chi connectivity index (χ2v) is 12.6. The third-order valence-electron chi connectivity index (χ3n) is 9.63. The fraction of sp³-hybridized carbons (Fsp3) is 0.700. The second kappa shape index (κ2) is 12.7. The number of aliphatic hydroxyl groups excluding tert-OH is 1. The van der Waals surface area contributed by atoms with Gasteiger partial charge in [-0.05, 0) is 82.7 Å². The van der Waals surface area contributed by atoms with E-state index in [0.29, 0.717) is 29.4 Å². The Hall–Kier alpha value is -2.63. The summed E-state index contributed by atoms with van der Waals surface area (Å²) in [7, 11) is 2.20. The van der Waals surface area contributed by atoms with Gasteiger partial charge in [0.15, 0.2) is 5.65 Å². The number of halogens is 2. The number of hydrogen-bond acceptors (Lipinski definition) is 8. The Morgan fingerprint density at radius 2 is 1.66 bits per heavy atom. The summed E-state index contributed by atoms with van der Waals surface area (Å²) in [5, 5.41) is 16.5. The third kappa shape index (κ3) is 6.73. The normalized spacial score (nSPS) is 30.2. The molecule has 41 heavy (non-hydrogen) atoms. The molecule has 0 aromatic carbocycles. The van der Waals surface area contributed by atoms with E-state index in [0.717, 1.165) is 69.3 Å². The first kappa shape index (κ1) is 28.5. The number of anilines is 2. The Morgan fingerprint density at radius 1 is 0.927 bits per heavy atom. The van der Waals surface area contributed by atoms with Crippen molar-refractivity contribution in [1.82, 2.24) is 29.3 Å². The van der Waals surface area contributed by atoms with Gasteiger partial charge >= 0.3 is 0 Å². The molecule has 3 heterocycles. The first-order valence-electron chi connectivity index (χ1n) is 15.5. The molecule has 2 aromatic heterocycles. The number of rotatable bonds is 8. The van der Waals surface area contributed by atoms with Crippen molar-refractivity contribution in [3.8, 4) is 0 Å². The van der Waals surface area contributed by atoms with Crippen LogP contribution >= 0.6 is 0 Å². The molecule has 224 valence electrons. The molecular weight excluding hydrogens is 526 g/mol. The molecule has 1 aliphatic heterocycles. The van der Waals surface area contributed by atoms with E-state index in [1.807, 2.05) is 0 Å². The van der Waals surface area contributed by atoms with Crippen LogP contribution in [0.1, 0.15) is 63.8 Å². The summed E-state index contributed by atoms with van der Waals surface area (Å²) in [6, 6.07) is -0.209. The first-order chi connectivity index (χ1) is 19.9. The number of imidazole rings is 1. The fourth-order valence-electron chi connectivity index (χ4n) is 6.98. The third-order valence-corrected chi connectivity index (χ3v) is 9.63. The highest BCUT2D eigenvalue weighted by molar-refractivity contribution is 5.75. The van der Waals surface area contributed by atoms with Gasteiger partial charge in [-0.2, -0.15) is 4.98 Å². The van der Waals surface area contributed by atoms with Crippen LogP contribution in [0.2, 0.25) is 0 Å². The lowest BCUT2D eigenvalue weighted by Crippen LogP contribution is -2.46. The van der Waals surface area contributed by atoms with E-state index in [4.69, 9.17) is 9.97 Å². The largest absolute Gasteiger partial charge is 0.396 e. The van der Waals surface area contributed by atoms with Crippen molar-refractivity contribution < 1.29 is 13.9 Å². The lowest BCUT2D eigenvalue weighted by atomic mass is 9.85. The number of hydrogen-bond donors (Lipinski definition) is 3. The Morgan fingerprint density at radius 3 is 2.37 bits per heavy atom. The van der Waals surface area contributed by atoms with Gasteiger partial charge < -0.3 is 25.5 Å². The number of aliphatic hydroxyl groups is 1. The van der Waals surface area contributed by atoms with Gasteiger partial charge in [0.25, 0.3) is 0 Å². The van der Waals surface area contributed by atoms with E-state index in [1.165, 1.54) is 38.6 Å². The van der Waals surface area contributed by atoms with Crippen molar-refractivity contribution in [3.05, 3.63) is 30.0 Å². The molecular formula is C30H44F2N8O. The minimum Gasteiger partial charge on any atom is -0.396 e. The molecule has 0 bridgehead atoms. The van der Waals surface area contributed by atoms with Crippen LogP contribution in [-0.4, -0.2) is 92.9 Å². The van der Waals surface area contributed by atoms with Gasteiger partial charge in [0.1, 0.15) is 17.2 Å². The number of aromatic nitrogens is 4. The minimum absolute atomic E-state index is 0.126. The summed E-state index contributed by atoms with van der Waals surface area (Å²) in [6.07, 6.45) is 12.5. The summed E-state index contributed by atoms with van der Waals surface area (Å²) in [6.45, 7) is 6.07. The average Bonchev–Trinajstić information content (AvgIpc) is 3.34. The van der Waals surface area contributed by atoms with E-state index in [9.17, 15) is 13.9 Å². The van der Waals surface area contributed by atoms with Gasteiger partial charge in [0, 0.05) is 57.5 Å². The molecule has 4 aliphatic rings. The van der Waals surface area contributed by atoms with Crippen LogP contribution in [0.4, 0.5) is 20.7 Å². The number of nitrogens with zero attached hydrogens (tertiary/aromatic N) is 6.